The number of rotatable bonds is 6. The molecule has 1 aromatic carbocycles. The summed E-state index contributed by atoms with van der Waals surface area (Å²) in [5, 5.41) is 0.278. The zero-order valence-electron chi connectivity index (χ0n) is 20.3. The summed E-state index contributed by atoms with van der Waals surface area (Å²) < 4.78 is 7.25. The molecular weight excluding hydrogens is 368 g/mol. The van der Waals surface area contributed by atoms with Crippen molar-refractivity contribution in [3.05, 3.63) is 53.6 Å². The standard InChI is InChI=1S/C27H44OSi/c1-21(2)19-23-17-13-14-18-24(23)25(20-22-15-11-10-12-16-22)28-29(9,26(3,4)5)27(6,7)8/h13-14,17-18,20,22H,1,10-12,15-16,19H2,2-9H3/b25-20-. The molecule has 1 fully saturated rings. The van der Waals surface area contributed by atoms with Crippen LogP contribution in [0.3, 0.4) is 0 Å². The van der Waals surface area contributed by atoms with Gasteiger partial charge in [0.05, 0.1) is 0 Å². The highest BCUT2D eigenvalue weighted by molar-refractivity contribution is 6.78. The molecule has 0 atom stereocenters. The molecule has 1 aliphatic carbocycles. The van der Waals surface area contributed by atoms with E-state index in [0.717, 1.165) is 12.2 Å². The van der Waals surface area contributed by atoms with Crippen LogP contribution in [-0.2, 0) is 10.8 Å². The van der Waals surface area contributed by atoms with Crippen molar-refractivity contribution >= 4 is 14.1 Å². The highest BCUT2D eigenvalue weighted by Gasteiger charge is 2.53. The van der Waals surface area contributed by atoms with Crippen LogP contribution >= 0.6 is 0 Å². The van der Waals surface area contributed by atoms with Crippen molar-refractivity contribution in [3.8, 4) is 0 Å². The van der Waals surface area contributed by atoms with Crippen molar-refractivity contribution < 1.29 is 4.43 Å². The molecule has 162 valence electrons. The summed E-state index contributed by atoms with van der Waals surface area (Å²) in [6.07, 6.45) is 10.0. The van der Waals surface area contributed by atoms with Crippen molar-refractivity contribution in [2.75, 3.05) is 0 Å². The van der Waals surface area contributed by atoms with E-state index >= 15 is 0 Å². The maximum absolute atomic E-state index is 7.25. The largest absolute Gasteiger partial charge is 0.542 e. The predicted molar refractivity (Wildman–Crippen MR) is 132 cm³/mol. The summed E-state index contributed by atoms with van der Waals surface area (Å²) in [5.41, 5.74) is 3.80. The minimum Gasteiger partial charge on any atom is -0.542 e. The number of allylic oxidation sites excluding steroid dienone is 2. The Hall–Kier alpha value is -1.28. The fraction of sp³-hybridized carbons (Fsp3) is 0.630. The van der Waals surface area contributed by atoms with Gasteiger partial charge in [0.1, 0.15) is 5.76 Å². The summed E-state index contributed by atoms with van der Waals surface area (Å²) in [4.78, 5) is 0. The predicted octanol–water partition coefficient (Wildman–Crippen LogP) is 8.92. The average Bonchev–Trinajstić information content (AvgIpc) is 2.60. The molecule has 2 rings (SSSR count). The molecule has 1 nitrogen and oxygen atoms in total. The highest BCUT2D eigenvalue weighted by Crippen LogP contribution is 2.53. The molecule has 0 saturated heterocycles. The third-order valence-electron chi connectivity index (χ3n) is 6.99. The molecule has 29 heavy (non-hydrogen) atoms. The molecule has 1 saturated carbocycles. The quantitative estimate of drug-likeness (QED) is 0.257. The van der Waals surface area contributed by atoms with E-state index in [2.05, 4.69) is 91.9 Å². The van der Waals surface area contributed by atoms with Gasteiger partial charge in [-0.25, -0.2) is 0 Å². The maximum Gasteiger partial charge on any atom is 0.258 e. The first-order valence-corrected chi connectivity index (χ1v) is 13.9. The lowest BCUT2D eigenvalue weighted by molar-refractivity contribution is 0.385. The Morgan fingerprint density at radius 1 is 1.03 bits per heavy atom. The monoisotopic (exact) mass is 412 g/mol. The first kappa shape index (κ1) is 24.0. The molecule has 0 aliphatic heterocycles. The van der Waals surface area contributed by atoms with Crippen LogP contribution in [-0.4, -0.2) is 8.32 Å². The van der Waals surface area contributed by atoms with Crippen molar-refractivity contribution in [2.24, 2.45) is 5.92 Å². The van der Waals surface area contributed by atoms with Gasteiger partial charge < -0.3 is 4.43 Å². The molecule has 1 aromatic rings. The van der Waals surface area contributed by atoms with Gasteiger partial charge in [-0.15, -0.1) is 0 Å². The van der Waals surface area contributed by atoms with Crippen molar-refractivity contribution in [3.63, 3.8) is 0 Å². The molecule has 0 radical (unpaired) electrons. The lowest BCUT2D eigenvalue weighted by atomic mass is 9.88. The summed E-state index contributed by atoms with van der Waals surface area (Å²) >= 11 is 0. The summed E-state index contributed by atoms with van der Waals surface area (Å²) in [7, 11) is -2.14. The van der Waals surface area contributed by atoms with Crippen LogP contribution in [0.15, 0.2) is 42.5 Å². The minimum absolute atomic E-state index is 0.139. The fourth-order valence-electron chi connectivity index (χ4n) is 4.58. The van der Waals surface area contributed by atoms with E-state index in [1.807, 2.05) is 0 Å². The van der Waals surface area contributed by atoms with Crippen molar-refractivity contribution in [1.82, 2.24) is 0 Å². The Labute approximate surface area is 181 Å². The Bertz CT molecular complexity index is 710. The Kier molecular flexibility index (Phi) is 7.65. The van der Waals surface area contributed by atoms with E-state index in [4.69, 9.17) is 4.43 Å². The first-order valence-electron chi connectivity index (χ1n) is 11.5. The van der Waals surface area contributed by atoms with Crippen LogP contribution < -0.4 is 0 Å². The molecule has 0 heterocycles. The van der Waals surface area contributed by atoms with Crippen LogP contribution in [0, 0.1) is 5.92 Å². The SMILES string of the molecule is C=C(C)Cc1ccccc1/C(=C/C1CCCCC1)O[Si](C)(C(C)(C)C)C(C)(C)C. The summed E-state index contributed by atoms with van der Waals surface area (Å²) in [5.74, 6) is 1.77. The van der Waals surface area contributed by atoms with E-state index in [-0.39, 0.29) is 10.1 Å². The maximum atomic E-state index is 7.25. The van der Waals surface area contributed by atoms with Crippen LogP contribution in [0.25, 0.3) is 5.76 Å². The molecule has 1 aliphatic rings. The van der Waals surface area contributed by atoms with Crippen molar-refractivity contribution in [1.29, 1.82) is 0 Å². The van der Waals surface area contributed by atoms with E-state index in [9.17, 15) is 0 Å². The topological polar surface area (TPSA) is 9.23 Å². The van der Waals surface area contributed by atoms with Gasteiger partial charge in [0.25, 0.3) is 8.32 Å². The van der Waals surface area contributed by atoms with Crippen LogP contribution in [0.2, 0.25) is 16.6 Å². The zero-order valence-corrected chi connectivity index (χ0v) is 21.3. The molecule has 0 aromatic heterocycles. The van der Waals surface area contributed by atoms with E-state index in [1.165, 1.54) is 48.8 Å². The lowest BCUT2D eigenvalue weighted by Gasteiger charge is -2.49. The van der Waals surface area contributed by atoms with Gasteiger partial charge >= 0.3 is 0 Å². The van der Waals surface area contributed by atoms with Gasteiger partial charge in [0, 0.05) is 5.56 Å². The summed E-state index contributed by atoms with van der Waals surface area (Å²) in [6, 6.07) is 8.80. The zero-order chi connectivity index (χ0) is 21.9. The van der Waals surface area contributed by atoms with E-state index in [0.29, 0.717) is 5.92 Å². The second-order valence-corrected chi connectivity index (χ2v) is 16.6. The van der Waals surface area contributed by atoms with Gasteiger partial charge in [-0.05, 0) is 60.4 Å². The van der Waals surface area contributed by atoms with Gasteiger partial charge in [-0.1, -0.05) is 97.2 Å². The smallest absolute Gasteiger partial charge is 0.258 e. The number of hydrogen-bond acceptors (Lipinski definition) is 1. The third kappa shape index (κ3) is 5.87. The second kappa shape index (κ2) is 9.25. The fourth-order valence-corrected chi connectivity index (χ4v) is 8.06. The van der Waals surface area contributed by atoms with E-state index < -0.39 is 8.32 Å². The van der Waals surface area contributed by atoms with Gasteiger partial charge in [0.15, 0.2) is 0 Å². The minimum atomic E-state index is -2.14. The molecule has 2 heteroatoms. The van der Waals surface area contributed by atoms with Crippen molar-refractivity contribution in [2.45, 2.75) is 104 Å². The van der Waals surface area contributed by atoms with E-state index in [1.54, 1.807) is 0 Å². The summed E-state index contributed by atoms with van der Waals surface area (Å²) in [6.45, 7) is 22.9. The first-order chi connectivity index (χ1) is 13.3. The number of hydrogen-bond donors (Lipinski definition) is 0. The van der Waals surface area contributed by atoms with Gasteiger partial charge in [-0.2, -0.15) is 0 Å². The molecule has 0 amide bonds. The second-order valence-electron chi connectivity index (χ2n) is 11.4. The Morgan fingerprint density at radius 2 is 1.59 bits per heavy atom. The van der Waals surface area contributed by atoms with Crippen LogP contribution in [0.4, 0.5) is 0 Å². The van der Waals surface area contributed by atoms with Crippen LogP contribution in [0.1, 0.15) is 91.7 Å². The number of benzene rings is 1. The third-order valence-corrected chi connectivity index (χ3v) is 13.3. The Balaban J connectivity index is 2.57. The van der Waals surface area contributed by atoms with Gasteiger partial charge in [0.2, 0.25) is 0 Å². The lowest BCUT2D eigenvalue weighted by Crippen LogP contribution is -2.51. The van der Waals surface area contributed by atoms with Gasteiger partial charge in [-0.3, -0.25) is 0 Å². The molecule has 0 N–H and O–H groups in total. The Morgan fingerprint density at radius 3 is 2.10 bits per heavy atom. The molecular formula is C27H44OSi. The molecule has 0 spiro atoms. The highest BCUT2D eigenvalue weighted by atomic mass is 28.4. The molecule has 0 unspecified atom stereocenters. The van der Waals surface area contributed by atoms with Crippen LogP contribution in [0.5, 0.6) is 0 Å². The normalized spacial score (nSPS) is 17.3. The average molecular weight is 413 g/mol. The molecule has 0 bridgehead atoms.